The number of rotatable bonds is 9. The molecule has 0 aromatic heterocycles. The minimum atomic E-state index is -1.03. The van der Waals surface area contributed by atoms with Crippen LogP contribution in [0.4, 0.5) is 4.79 Å². The molecule has 7 heteroatoms. The predicted molar refractivity (Wildman–Crippen MR) is 77.8 cm³/mol. The minimum absolute atomic E-state index is 0.0105. The van der Waals surface area contributed by atoms with Crippen LogP contribution >= 0.6 is 0 Å². The summed E-state index contributed by atoms with van der Waals surface area (Å²) in [6.07, 6.45) is 3.04. The van der Waals surface area contributed by atoms with Crippen LogP contribution in [0.15, 0.2) is 0 Å². The van der Waals surface area contributed by atoms with Gasteiger partial charge in [0.15, 0.2) is 0 Å². The first-order valence-electron chi connectivity index (χ1n) is 7.42. The third-order valence-electron chi connectivity index (χ3n) is 3.00. The summed E-state index contributed by atoms with van der Waals surface area (Å²) in [5, 5.41) is 14.3. The fourth-order valence-corrected chi connectivity index (χ4v) is 1.91. The number of carbonyl (C=O) groups is 3. The zero-order chi connectivity index (χ0) is 15.8. The summed E-state index contributed by atoms with van der Waals surface area (Å²) in [5.41, 5.74) is 0. The number of carboxylic acid groups (broad SMARTS) is 1. The molecule has 0 aliphatic heterocycles. The zero-order valence-corrected chi connectivity index (χ0v) is 12.7. The van der Waals surface area contributed by atoms with E-state index in [1.807, 2.05) is 13.8 Å². The lowest BCUT2D eigenvalue weighted by Crippen LogP contribution is -2.44. The Labute approximate surface area is 125 Å². The maximum Gasteiger partial charge on any atom is 0.323 e. The van der Waals surface area contributed by atoms with Crippen molar-refractivity contribution in [3.63, 3.8) is 0 Å². The van der Waals surface area contributed by atoms with Crippen molar-refractivity contribution >= 4 is 17.9 Å². The number of nitrogens with one attached hydrogen (secondary N) is 2. The van der Waals surface area contributed by atoms with Gasteiger partial charge in [-0.2, -0.15) is 0 Å². The zero-order valence-electron chi connectivity index (χ0n) is 12.7. The highest BCUT2D eigenvalue weighted by molar-refractivity contribution is 5.80. The molecule has 0 bridgehead atoms. The van der Waals surface area contributed by atoms with E-state index in [1.165, 1.54) is 4.90 Å². The van der Waals surface area contributed by atoms with Crippen LogP contribution in [0, 0.1) is 5.92 Å². The average molecular weight is 299 g/mol. The van der Waals surface area contributed by atoms with Crippen LogP contribution in [0.2, 0.25) is 0 Å². The van der Waals surface area contributed by atoms with Gasteiger partial charge in [0, 0.05) is 25.6 Å². The molecule has 0 saturated heterocycles. The SMILES string of the molecule is CC(C)CN(CC(=O)O)C(=O)NCCCC(=O)NC1CC1. The molecule has 0 aromatic carbocycles. The van der Waals surface area contributed by atoms with Crippen molar-refractivity contribution in [1.29, 1.82) is 0 Å². The molecule has 3 N–H and O–H groups in total. The van der Waals surface area contributed by atoms with Crippen LogP contribution in [0.1, 0.15) is 39.5 Å². The quantitative estimate of drug-likeness (QED) is 0.548. The molecular formula is C14H25N3O4. The van der Waals surface area contributed by atoms with Crippen molar-refractivity contribution < 1.29 is 19.5 Å². The topological polar surface area (TPSA) is 98.7 Å². The molecule has 7 nitrogen and oxygen atoms in total. The monoisotopic (exact) mass is 299 g/mol. The summed E-state index contributed by atoms with van der Waals surface area (Å²) in [5.74, 6) is -0.828. The van der Waals surface area contributed by atoms with E-state index in [0.29, 0.717) is 32.0 Å². The Hall–Kier alpha value is -1.79. The Kier molecular flexibility index (Phi) is 6.98. The number of hydrogen-bond acceptors (Lipinski definition) is 3. The molecule has 21 heavy (non-hydrogen) atoms. The van der Waals surface area contributed by atoms with Crippen molar-refractivity contribution in [2.75, 3.05) is 19.6 Å². The molecule has 120 valence electrons. The first kappa shape index (κ1) is 17.3. The van der Waals surface area contributed by atoms with Gasteiger partial charge >= 0.3 is 12.0 Å². The second-order valence-electron chi connectivity index (χ2n) is 5.85. The third kappa shape index (κ3) is 8.16. The summed E-state index contributed by atoms with van der Waals surface area (Å²) < 4.78 is 0. The van der Waals surface area contributed by atoms with E-state index in [-0.39, 0.29) is 18.4 Å². The lowest BCUT2D eigenvalue weighted by Gasteiger charge is -2.23. The molecule has 0 radical (unpaired) electrons. The van der Waals surface area contributed by atoms with E-state index < -0.39 is 12.0 Å². The standard InChI is InChI=1S/C14H25N3O4/c1-10(2)8-17(9-13(19)20)14(21)15-7-3-4-12(18)16-11-5-6-11/h10-11H,3-9H2,1-2H3,(H,15,21)(H,16,18)(H,19,20). The average Bonchev–Trinajstić information content (AvgIpc) is 3.16. The van der Waals surface area contributed by atoms with Gasteiger partial charge in [0.25, 0.3) is 0 Å². The van der Waals surface area contributed by atoms with Crippen LogP contribution in [-0.2, 0) is 9.59 Å². The second-order valence-corrected chi connectivity index (χ2v) is 5.85. The summed E-state index contributed by atoms with van der Waals surface area (Å²) in [7, 11) is 0. The fourth-order valence-electron chi connectivity index (χ4n) is 1.91. The Balaban J connectivity index is 2.21. The van der Waals surface area contributed by atoms with E-state index in [0.717, 1.165) is 12.8 Å². The number of amides is 3. The molecule has 1 aliphatic rings. The van der Waals surface area contributed by atoms with Crippen molar-refractivity contribution in [3.8, 4) is 0 Å². The first-order valence-corrected chi connectivity index (χ1v) is 7.42. The van der Waals surface area contributed by atoms with Gasteiger partial charge in [-0.05, 0) is 25.2 Å². The maximum absolute atomic E-state index is 11.9. The smallest absolute Gasteiger partial charge is 0.323 e. The summed E-state index contributed by atoms with van der Waals surface area (Å²) in [6.45, 7) is 4.28. The van der Waals surface area contributed by atoms with Crippen molar-refractivity contribution in [2.45, 2.75) is 45.6 Å². The molecule has 0 atom stereocenters. The van der Waals surface area contributed by atoms with Gasteiger partial charge in [0.1, 0.15) is 6.54 Å². The number of hydrogen-bond donors (Lipinski definition) is 3. The van der Waals surface area contributed by atoms with Gasteiger partial charge in [-0.3, -0.25) is 9.59 Å². The fraction of sp³-hybridized carbons (Fsp3) is 0.786. The molecule has 1 saturated carbocycles. The van der Waals surface area contributed by atoms with Crippen LogP contribution in [-0.4, -0.2) is 53.6 Å². The van der Waals surface area contributed by atoms with E-state index in [4.69, 9.17) is 5.11 Å². The number of carboxylic acids is 1. The number of nitrogens with zero attached hydrogens (tertiary/aromatic N) is 1. The number of aliphatic carboxylic acids is 1. The van der Waals surface area contributed by atoms with Gasteiger partial charge in [-0.1, -0.05) is 13.8 Å². The lowest BCUT2D eigenvalue weighted by molar-refractivity contribution is -0.137. The molecule has 0 heterocycles. The van der Waals surface area contributed by atoms with Gasteiger partial charge < -0.3 is 20.6 Å². The van der Waals surface area contributed by atoms with Gasteiger partial charge in [-0.15, -0.1) is 0 Å². The highest BCUT2D eigenvalue weighted by atomic mass is 16.4. The summed E-state index contributed by atoms with van der Waals surface area (Å²) >= 11 is 0. The van der Waals surface area contributed by atoms with Crippen molar-refractivity contribution in [1.82, 2.24) is 15.5 Å². The minimum Gasteiger partial charge on any atom is -0.480 e. The molecule has 1 fully saturated rings. The molecular weight excluding hydrogens is 274 g/mol. The first-order chi connectivity index (χ1) is 9.88. The molecule has 1 aliphatic carbocycles. The highest BCUT2D eigenvalue weighted by Gasteiger charge is 2.23. The largest absolute Gasteiger partial charge is 0.480 e. The van der Waals surface area contributed by atoms with E-state index >= 15 is 0 Å². The highest BCUT2D eigenvalue weighted by Crippen LogP contribution is 2.18. The Morgan fingerprint density at radius 1 is 1.29 bits per heavy atom. The molecule has 0 aromatic rings. The van der Waals surface area contributed by atoms with Crippen molar-refractivity contribution in [2.24, 2.45) is 5.92 Å². The van der Waals surface area contributed by atoms with Gasteiger partial charge in [0.05, 0.1) is 0 Å². The normalized spacial score (nSPS) is 13.9. The van der Waals surface area contributed by atoms with Gasteiger partial charge in [-0.25, -0.2) is 4.79 Å². The number of carbonyl (C=O) groups excluding carboxylic acids is 2. The maximum atomic E-state index is 11.9. The Bertz CT molecular complexity index is 380. The summed E-state index contributed by atoms with van der Waals surface area (Å²) in [6, 6.07) is -0.0436. The molecule has 3 amide bonds. The van der Waals surface area contributed by atoms with Crippen LogP contribution in [0.3, 0.4) is 0 Å². The molecule has 1 rings (SSSR count). The predicted octanol–water partition coefficient (Wildman–Crippen LogP) is 0.797. The third-order valence-corrected chi connectivity index (χ3v) is 3.00. The van der Waals surface area contributed by atoms with Crippen LogP contribution in [0.5, 0.6) is 0 Å². The second kappa shape index (κ2) is 8.49. The van der Waals surface area contributed by atoms with Crippen LogP contribution < -0.4 is 10.6 Å². The van der Waals surface area contributed by atoms with Gasteiger partial charge in [0.2, 0.25) is 5.91 Å². The molecule has 0 unspecified atom stereocenters. The lowest BCUT2D eigenvalue weighted by atomic mass is 10.2. The van der Waals surface area contributed by atoms with E-state index in [2.05, 4.69) is 10.6 Å². The molecule has 0 spiro atoms. The van der Waals surface area contributed by atoms with Crippen molar-refractivity contribution in [3.05, 3.63) is 0 Å². The van der Waals surface area contributed by atoms with E-state index in [9.17, 15) is 14.4 Å². The van der Waals surface area contributed by atoms with E-state index in [1.54, 1.807) is 0 Å². The summed E-state index contributed by atoms with van der Waals surface area (Å²) in [4.78, 5) is 35.4. The number of urea groups is 1. The van der Waals surface area contributed by atoms with Crippen LogP contribution in [0.25, 0.3) is 0 Å². The Morgan fingerprint density at radius 3 is 2.48 bits per heavy atom. The Morgan fingerprint density at radius 2 is 1.95 bits per heavy atom.